The average molecular weight is 423 g/mol. The number of hydrogen-bond acceptors (Lipinski definition) is 5. The standard InChI is InChI=1S/C18H23BrN4O3/c1-23-17(24)14(15(20)18(23)8-2-3-9-18)16(21)22-26-11-10-25-13-6-4-12(19)5-7-13/h4-7H,2-3,8-11,20H2,1H3,(H2,21,22). The molecule has 8 heteroatoms. The summed E-state index contributed by atoms with van der Waals surface area (Å²) in [7, 11) is 1.77. The summed E-state index contributed by atoms with van der Waals surface area (Å²) in [5, 5.41) is 3.86. The van der Waals surface area contributed by atoms with Gasteiger partial charge in [-0.2, -0.15) is 0 Å². The van der Waals surface area contributed by atoms with Crippen molar-refractivity contribution in [3.63, 3.8) is 0 Å². The maximum Gasteiger partial charge on any atom is 0.260 e. The van der Waals surface area contributed by atoms with Gasteiger partial charge in [-0.25, -0.2) is 0 Å². The Morgan fingerprint density at radius 1 is 1.27 bits per heavy atom. The highest BCUT2D eigenvalue weighted by molar-refractivity contribution is 9.10. The van der Waals surface area contributed by atoms with Gasteiger partial charge in [-0.05, 0) is 37.1 Å². The molecular weight excluding hydrogens is 400 g/mol. The summed E-state index contributed by atoms with van der Waals surface area (Å²) in [6.45, 7) is 0.518. The number of nitrogens with zero attached hydrogens (tertiary/aromatic N) is 2. The van der Waals surface area contributed by atoms with E-state index in [9.17, 15) is 4.79 Å². The van der Waals surface area contributed by atoms with Gasteiger partial charge in [0.1, 0.15) is 17.9 Å². The van der Waals surface area contributed by atoms with Crippen LogP contribution < -0.4 is 16.2 Å². The molecule has 1 aromatic rings. The maximum atomic E-state index is 12.6. The van der Waals surface area contributed by atoms with Crippen LogP contribution in [0.3, 0.4) is 0 Å². The predicted molar refractivity (Wildman–Crippen MR) is 102 cm³/mol. The van der Waals surface area contributed by atoms with E-state index in [2.05, 4.69) is 21.1 Å². The maximum absolute atomic E-state index is 12.6. The number of carbonyl (C=O) groups excluding carboxylic acids is 1. The van der Waals surface area contributed by atoms with Crippen molar-refractivity contribution in [3.8, 4) is 5.75 Å². The van der Waals surface area contributed by atoms with E-state index in [4.69, 9.17) is 21.0 Å². The molecule has 1 heterocycles. The number of likely N-dealkylation sites (N-methyl/N-ethyl adjacent to an activating group) is 1. The lowest BCUT2D eigenvalue weighted by molar-refractivity contribution is -0.127. The normalized spacial score (nSPS) is 19.5. The molecule has 1 aliphatic heterocycles. The first-order valence-electron chi connectivity index (χ1n) is 8.58. The molecule has 140 valence electrons. The number of benzene rings is 1. The molecule has 1 spiro atoms. The number of ether oxygens (including phenoxy) is 1. The Labute approximate surface area is 161 Å². The van der Waals surface area contributed by atoms with Crippen molar-refractivity contribution in [1.29, 1.82) is 0 Å². The highest BCUT2D eigenvalue weighted by Crippen LogP contribution is 2.44. The van der Waals surface area contributed by atoms with Gasteiger partial charge in [-0.1, -0.05) is 33.9 Å². The van der Waals surface area contributed by atoms with Gasteiger partial charge in [-0.15, -0.1) is 0 Å². The lowest BCUT2D eigenvalue weighted by atomic mass is 9.93. The molecule has 0 saturated heterocycles. The Balaban J connectivity index is 1.58. The van der Waals surface area contributed by atoms with Crippen molar-refractivity contribution in [1.82, 2.24) is 4.90 Å². The topological polar surface area (TPSA) is 103 Å². The summed E-state index contributed by atoms with van der Waals surface area (Å²) < 4.78 is 6.52. The Kier molecular flexibility index (Phi) is 5.41. The van der Waals surface area contributed by atoms with Gasteiger partial charge in [0.2, 0.25) is 0 Å². The van der Waals surface area contributed by atoms with Crippen LogP contribution in [0.2, 0.25) is 0 Å². The van der Waals surface area contributed by atoms with Gasteiger partial charge >= 0.3 is 0 Å². The zero-order valence-corrected chi connectivity index (χ0v) is 16.3. The van der Waals surface area contributed by atoms with Crippen LogP contribution in [0.1, 0.15) is 25.7 Å². The van der Waals surface area contributed by atoms with Gasteiger partial charge in [0.25, 0.3) is 5.91 Å². The second kappa shape index (κ2) is 7.57. The molecule has 0 aromatic heterocycles. The van der Waals surface area contributed by atoms with Crippen LogP contribution >= 0.6 is 15.9 Å². The monoisotopic (exact) mass is 422 g/mol. The lowest BCUT2D eigenvalue weighted by Crippen LogP contribution is -2.45. The lowest BCUT2D eigenvalue weighted by Gasteiger charge is -2.33. The molecule has 7 nitrogen and oxygen atoms in total. The molecule has 0 unspecified atom stereocenters. The Bertz CT molecular complexity index is 739. The average Bonchev–Trinajstić information content (AvgIpc) is 3.19. The fraction of sp³-hybridized carbons (Fsp3) is 0.444. The first-order valence-corrected chi connectivity index (χ1v) is 9.37. The summed E-state index contributed by atoms with van der Waals surface area (Å²) in [5.41, 5.74) is 12.6. The third-order valence-electron chi connectivity index (χ3n) is 5.04. The second-order valence-electron chi connectivity index (χ2n) is 6.50. The van der Waals surface area contributed by atoms with Crippen LogP contribution in [0.4, 0.5) is 0 Å². The van der Waals surface area contributed by atoms with Crippen LogP contribution in [-0.4, -0.2) is 42.4 Å². The minimum atomic E-state index is -0.406. The van der Waals surface area contributed by atoms with Crippen LogP contribution in [0.25, 0.3) is 0 Å². The summed E-state index contributed by atoms with van der Waals surface area (Å²) >= 11 is 3.37. The fourth-order valence-electron chi connectivity index (χ4n) is 3.59. The molecule has 0 atom stereocenters. The molecule has 2 aliphatic rings. The van der Waals surface area contributed by atoms with Gasteiger partial charge in [0.15, 0.2) is 12.4 Å². The van der Waals surface area contributed by atoms with Gasteiger partial charge in [-0.3, -0.25) is 4.79 Å². The van der Waals surface area contributed by atoms with Crippen molar-refractivity contribution in [2.75, 3.05) is 20.3 Å². The van der Waals surface area contributed by atoms with Gasteiger partial charge in [0, 0.05) is 11.5 Å². The molecule has 1 aliphatic carbocycles. The van der Waals surface area contributed by atoms with Crippen molar-refractivity contribution in [3.05, 3.63) is 40.0 Å². The van der Waals surface area contributed by atoms with Crippen LogP contribution in [0.15, 0.2) is 45.2 Å². The van der Waals surface area contributed by atoms with Crippen molar-refractivity contribution in [2.45, 2.75) is 31.2 Å². The Hall–Kier alpha value is -2.22. The molecular formula is C18H23BrN4O3. The number of amides is 1. The quantitative estimate of drug-likeness (QED) is 0.316. The number of halogens is 1. The zero-order chi connectivity index (χ0) is 18.7. The Morgan fingerprint density at radius 3 is 2.58 bits per heavy atom. The predicted octanol–water partition coefficient (Wildman–Crippen LogP) is 2.11. The first kappa shape index (κ1) is 18.6. The van der Waals surface area contributed by atoms with Crippen LogP contribution in [0, 0.1) is 0 Å². The molecule has 1 saturated carbocycles. The van der Waals surface area contributed by atoms with E-state index >= 15 is 0 Å². The van der Waals surface area contributed by atoms with E-state index in [1.165, 1.54) is 0 Å². The van der Waals surface area contributed by atoms with Gasteiger partial charge in [0.05, 0.1) is 11.2 Å². The fourth-order valence-corrected chi connectivity index (χ4v) is 3.86. The summed E-state index contributed by atoms with van der Waals surface area (Å²) in [6.07, 6.45) is 3.82. The number of hydrogen-bond donors (Lipinski definition) is 2. The molecule has 1 fully saturated rings. The first-order chi connectivity index (χ1) is 12.5. The third-order valence-corrected chi connectivity index (χ3v) is 5.57. The molecule has 3 rings (SSSR count). The highest BCUT2D eigenvalue weighted by atomic mass is 79.9. The number of carbonyl (C=O) groups is 1. The molecule has 0 bridgehead atoms. The van der Waals surface area contributed by atoms with E-state index < -0.39 is 5.54 Å². The largest absolute Gasteiger partial charge is 0.490 e. The highest BCUT2D eigenvalue weighted by Gasteiger charge is 2.51. The zero-order valence-electron chi connectivity index (χ0n) is 14.7. The molecule has 4 N–H and O–H groups in total. The number of nitrogens with two attached hydrogens (primary N) is 2. The van der Waals surface area contributed by atoms with E-state index in [-0.39, 0.29) is 23.9 Å². The van der Waals surface area contributed by atoms with E-state index in [0.29, 0.717) is 12.3 Å². The molecule has 26 heavy (non-hydrogen) atoms. The molecule has 1 aromatic carbocycles. The number of amidine groups is 1. The Morgan fingerprint density at radius 2 is 1.92 bits per heavy atom. The van der Waals surface area contributed by atoms with E-state index in [1.807, 2.05) is 24.3 Å². The van der Waals surface area contributed by atoms with Gasteiger partial charge < -0.3 is 25.9 Å². The molecule has 1 amide bonds. The van der Waals surface area contributed by atoms with Crippen molar-refractivity contribution in [2.24, 2.45) is 16.6 Å². The summed E-state index contributed by atoms with van der Waals surface area (Å²) in [5.74, 6) is 0.559. The minimum Gasteiger partial charge on any atom is -0.490 e. The second-order valence-corrected chi connectivity index (χ2v) is 7.42. The summed E-state index contributed by atoms with van der Waals surface area (Å²) in [6, 6.07) is 7.48. The number of oxime groups is 1. The van der Waals surface area contributed by atoms with Crippen LogP contribution in [0.5, 0.6) is 5.75 Å². The SMILES string of the molecule is CN1C(=O)C(/C(N)=N/OCCOc2ccc(Br)cc2)=C(N)C12CCCC2. The van der Waals surface area contributed by atoms with Crippen LogP contribution in [-0.2, 0) is 9.63 Å². The van der Waals surface area contributed by atoms with Crippen molar-refractivity contribution >= 4 is 27.7 Å². The van der Waals surface area contributed by atoms with Crippen molar-refractivity contribution < 1.29 is 14.4 Å². The van der Waals surface area contributed by atoms with E-state index in [0.717, 1.165) is 35.9 Å². The van der Waals surface area contributed by atoms with E-state index in [1.54, 1.807) is 11.9 Å². The third kappa shape index (κ3) is 3.38. The smallest absolute Gasteiger partial charge is 0.260 e. The number of rotatable bonds is 6. The summed E-state index contributed by atoms with van der Waals surface area (Å²) in [4.78, 5) is 19.5. The molecule has 0 radical (unpaired) electrons. The minimum absolute atomic E-state index is 0.0202.